The van der Waals surface area contributed by atoms with Gasteiger partial charge in [0.1, 0.15) is 23.6 Å². The van der Waals surface area contributed by atoms with Crippen LogP contribution in [0.3, 0.4) is 0 Å². The summed E-state index contributed by atoms with van der Waals surface area (Å²) in [6, 6.07) is 0. The maximum absolute atomic E-state index is 11.9. The third kappa shape index (κ3) is 14.2. The first-order chi connectivity index (χ1) is 19.2. The van der Waals surface area contributed by atoms with E-state index in [0.717, 1.165) is 0 Å². The fraction of sp³-hybridized carbons (Fsp3) is 0.880. The summed E-state index contributed by atoms with van der Waals surface area (Å²) >= 11 is 0. The lowest BCUT2D eigenvalue weighted by atomic mass is 10.0. The van der Waals surface area contributed by atoms with Crippen LogP contribution in [0, 0.1) is 0 Å². The number of aliphatic hydroxyl groups excluding tert-OH is 2. The Morgan fingerprint density at radius 2 is 1.77 bits per heavy atom. The van der Waals surface area contributed by atoms with Crippen LogP contribution in [0.2, 0.25) is 0 Å². The minimum Gasteiger partial charge on any atom is -0.390 e. The Hall–Kier alpha value is -1.79. The molecule has 0 aromatic carbocycles. The van der Waals surface area contributed by atoms with Gasteiger partial charge in [0.15, 0.2) is 6.29 Å². The molecule has 0 bridgehead atoms. The molecule has 5 N–H and O–H groups in total. The smallest absolute Gasteiger partial charge is 0.222 e. The van der Waals surface area contributed by atoms with Crippen molar-refractivity contribution in [3.63, 3.8) is 0 Å². The van der Waals surface area contributed by atoms with Crippen LogP contribution in [0.1, 0.15) is 38.8 Å². The van der Waals surface area contributed by atoms with Crippen LogP contribution in [0.5, 0.6) is 0 Å². The van der Waals surface area contributed by atoms with Crippen LogP contribution in [0.25, 0.3) is 0 Å². The average Bonchev–Trinajstić information content (AvgIpc) is 3.38. The minimum absolute atomic E-state index is 0.106. The highest BCUT2D eigenvalue weighted by molar-refractivity contribution is 5.76. The number of aromatic nitrogens is 3. The Morgan fingerprint density at radius 3 is 2.42 bits per heavy atom. The molecule has 2 rings (SSSR count). The van der Waals surface area contributed by atoms with Gasteiger partial charge in [-0.2, -0.15) is 0 Å². The number of methoxy groups -OCH3 is 1. The molecule has 1 saturated heterocycles. The van der Waals surface area contributed by atoms with E-state index >= 15 is 0 Å². The van der Waals surface area contributed by atoms with Gasteiger partial charge in [0.2, 0.25) is 5.91 Å². The number of nitrogens with zero attached hydrogens (tertiary/aromatic N) is 3. The van der Waals surface area contributed by atoms with Crippen LogP contribution in [0.4, 0.5) is 0 Å². The van der Waals surface area contributed by atoms with Crippen LogP contribution in [-0.4, -0.2) is 128 Å². The second kappa shape index (κ2) is 19.4. The summed E-state index contributed by atoms with van der Waals surface area (Å²) in [6.07, 6.45) is -0.136. The molecule has 232 valence electrons. The zero-order chi connectivity index (χ0) is 29.2. The summed E-state index contributed by atoms with van der Waals surface area (Å²) in [6.45, 7) is 7.74. The molecule has 1 aromatic rings. The number of nitrogens with two attached hydrogens (primary N) is 1. The van der Waals surface area contributed by atoms with Crippen molar-refractivity contribution in [2.75, 3.05) is 66.5 Å². The van der Waals surface area contributed by atoms with Gasteiger partial charge in [-0.15, -0.1) is 5.10 Å². The molecule has 40 heavy (non-hydrogen) atoms. The monoisotopic (exact) mass is 577 g/mol. The van der Waals surface area contributed by atoms with Crippen molar-refractivity contribution < 1.29 is 48.2 Å². The molecule has 1 aliphatic rings. The van der Waals surface area contributed by atoms with E-state index < -0.39 is 30.3 Å². The zero-order valence-corrected chi connectivity index (χ0v) is 23.9. The number of hydrogen-bond donors (Lipinski definition) is 4. The number of carbonyl (C=O) groups is 1. The molecule has 3 unspecified atom stereocenters. The van der Waals surface area contributed by atoms with E-state index in [0.29, 0.717) is 77.9 Å². The van der Waals surface area contributed by atoms with Gasteiger partial charge in [0, 0.05) is 20.0 Å². The first-order valence-electron chi connectivity index (χ1n) is 13.6. The molecule has 15 heteroatoms. The SMILES string of the molecule is CO[C@@H]1CC(O)C(O)C(COCCOCCOCCOCCn2cc(COC(C)(C)NC(=O)CCCN)nn2)O1. The first-order valence-corrected chi connectivity index (χ1v) is 13.6. The molecule has 2 heterocycles. The predicted molar refractivity (Wildman–Crippen MR) is 141 cm³/mol. The van der Waals surface area contributed by atoms with Crippen LogP contribution in [-0.2, 0) is 51.1 Å². The molecule has 0 spiro atoms. The molecule has 0 aliphatic carbocycles. The number of hydrogen-bond acceptors (Lipinski definition) is 13. The van der Waals surface area contributed by atoms with Gasteiger partial charge in [-0.1, -0.05) is 5.21 Å². The summed E-state index contributed by atoms with van der Waals surface area (Å²) in [5.74, 6) is -0.106. The van der Waals surface area contributed by atoms with E-state index in [1.807, 2.05) is 0 Å². The molecule has 1 aliphatic heterocycles. The number of ether oxygens (including phenoxy) is 7. The molecule has 1 amide bonds. The second-order valence-corrected chi connectivity index (χ2v) is 9.76. The van der Waals surface area contributed by atoms with E-state index in [9.17, 15) is 15.0 Å². The van der Waals surface area contributed by atoms with Crippen molar-refractivity contribution in [2.24, 2.45) is 5.73 Å². The van der Waals surface area contributed by atoms with Crippen molar-refractivity contribution in [1.82, 2.24) is 20.3 Å². The van der Waals surface area contributed by atoms with Crippen molar-refractivity contribution in [3.05, 3.63) is 11.9 Å². The quantitative estimate of drug-likeness (QED) is 0.0964. The highest BCUT2D eigenvalue weighted by Gasteiger charge is 2.36. The average molecular weight is 578 g/mol. The Kier molecular flexibility index (Phi) is 16.6. The van der Waals surface area contributed by atoms with Crippen molar-refractivity contribution >= 4 is 5.91 Å². The standard InChI is InChI=1S/C25H47N5O10/c1-25(2,27-22(32)5-4-6-26)39-17-19-16-30(29-28-19)7-8-35-9-10-36-11-12-37-13-14-38-18-21-24(33)20(31)15-23(34-3)40-21/h16,20-21,23-24,31,33H,4-15,17-18,26H2,1-3H3,(H,27,32)/t20?,21?,23-,24?/m0/s1. The highest BCUT2D eigenvalue weighted by Crippen LogP contribution is 2.21. The lowest BCUT2D eigenvalue weighted by Gasteiger charge is -2.36. The third-order valence-electron chi connectivity index (χ3n) is 5.88. The normalized spacial score (nSPS) is 21.6. The molecule has 1 aromatic heterocycles. The Labute approximate surface area is 235 Å². The maximum Gasteiger partial charge on any atom is 0.222 e. The number of carbonyl (C=O) groups excluding carboxylic acids is 1. The topological polar surface area (TPSA) is 191 Å². The van der Waals surface area contributed by atoms with Crippen LogP contribution < -0.4 is 11.1 Å². The first kappa shape index (κ1) is 34.4. The molecule has 4 atom stereocenters. The van der Waals surface area contributed by atoms with Gasteiger partial charge in [0.25, 0.3) is 0 Å². The Balaban J connectivity index is 1.41. The van der Waals surface area contributed by atoms with Gasteiger partial charge in [0.05, 0.1) is 78.3 Å². The van der Waals surface area contributed by atoms with E-state index in [2.05, 4.69) is 15.6 Å². The van der Waals surface area contributed by atoms with E-state index in [4.69, 9.17) is 38.9 Å². The van der Waals surface area contributed by atoms with E-state index in [1.54, 1.807) is 24.7 Å². The number of nitrogens with one attached hydrogen (secondary N) is 1. The number of rotatable bonds is 22. The highest BCUT2D eigenvalue weighted by atomic mass is 16.7. The van der Waals surface area contributed by atoms with Crippen LogP contribution in [0.15, 0.2) is 6.20 Å². The molecular formula is C25H47N5O10. The second-order valence-electron chi connectivity index (χ2n) is 9.76. The van der Waals surface area contributed by atoms with Gasteiger partial charge < -0.3 is 54.4 Å². The van der Waals surface area contributed by atoms with Crippen molar-refractivity contribution in [3.8, 4) is 0 Å². The van der Waals surface area contributed by atoms with Gasteiger partial charge in [-0.05, 0) is 26.8 Å². The number of amides is 1. The van der Waals surface area contributed by atoms with E-state index in [1.165, 1.54) is 7.11 Å². The maximum atomic E-state index is 11.9. The fourth-order valence-corrected chi connectivity index (χ4v) is 3.69. The van der Waals surface area contributed by atoms with Gasteiger partial charge in [-0.3, -0.25) is 4.79 Å². The predicted octanol–water partition coefficient (Wildman–Crippen LogP) is -1.06. The lowest BCUT2D eigenvalue weighted by molar-refractivity contribution is -0.252. The fourth-order valence-electron chi connectivity index (χ4n) is 3.69. The van der Waals surface area contributed by atoms with Gasteiger partial charge >= 0.3 is 0 Å². The van der Waals surface area contributed by atoms with Crippen LogP contribution >= 0.6 is 0 Å². The molecule has 1 fully saturated rings. The Morgan fingerprint density at radius 1 is 1.12 bits per heavy atom. The van der Waals surface area contributed by atoms with Crippen molar-refractivity contribution in [2.45, 2.75) is 76.6 Å². The zero-order valence-electron chi connectivity index (χ0n) is 23.9. The minimum atomic E-state index is -1.01. The largest absolute Gasteiger partial charge is 0.390 e. The summed E-state index contributed by atoms with van der Waals surface area (Å²) in [4.78, 5) is 11.9. The number of aliphatic hydroxyl groups is 2. The third-order valence-corrected chi connectivity index (χ3v) is 5.88. The molecule has 0 saturated carbocycles. The van der Waals surface area contributed by atoms with E-state index in [-0.39, 0.29) is 25.5 Å². The molecule has 15 nitrogen and oxygen atoms in total. The summed E-state index contributed by atoms with van der Waals surface area (Å²) < 4.78 is 40.0. The van der Waals surface area contributed by atoms with Crippen molar-refractivity contribution in [1.29, 1.82) is 0 Å². The molecular weight excluding hydrogens is 530 g/mol. The Bertz CT molecular complexity index is 815. The van der Waals surface area contributed by atoms with Gasteiger partial charge in [-0.25, -0.2) is 4.68 Å². The summed E-state index contributed by atoms with van der Waals surface area (Å²) in [7, 11) is 1.49. The molecule has 0 radical (unpaired) electrons. The summed E-state index contributed by atoms with van der Waals surface area (Å²) in [5.41, 5.74) is 5.25. The lowest BCUT2D eigenvalue weighted by Crippen LogP contribution is -2.50. The summed E-state index contributed by atoms with van der Waals surface area (Å²) in [5, 5.41) is 30.8.